The van der Waals surface area contributed by atoms with Crippen LogP contribution >= 0.6 is 0 Å². The Bertz CT molecular complexity index is 940. The molecule has 0 spiro atoms. The minimum absolute atomic E-state index is 0.239. The van der Waals surface area contributed by atoms with Crippen molar-refractivity contribution in [1.82, 2.24) is 19.7 Å². The molecule has 0 aliphatic heterocycles. The van der Waals surface area contributed by atoms with E-state index in [2.05, 4.69) is 20.4 Å². The summed E-state index contributed by atoms with van der Waals surface area (Å²) in [5.41, 5.74) is 7.76. The van der Waals surface area contributed by atoms with E-state index in [0.717, 1.165) is 0 Å². The topological polar surface area (TPSA) is 119 Å². The number of hydrogen-bond donors (Lipinski definition) is 3. The van der Waals surface area contributed by atoms with Crippen molar-refractivity contribution < 1.29 is 4.79 Å². The molecule has 0 aliphatic rings. The first-order valence-electron chi connectivity index (χ1n) is 6.58. The van der Waals surface area contributed by atoms with Crippen LogP contribution in [0.25, 0.3) is 16.7 Å². The van der Waals surface area contributed by atoms with Crippen molar-refractivity contribution in [1.29, 1.82) is 0 Å². The maximum absolute atomic E-state index is 11.9. The number of primary amides is 1. The molecule has 0 atom stereocenters. The van der Waals surface area contributed by atoms with Crippen LogP contribution in [0, 0.1) is 6.92 Å². The van der Waals surface area contributed by atoms with Crippen LogP contribution in [-0.2, 0) is 0 Å². The predicted molar refractivity (Wildman–Crippen MR) is 82.3 cm³/mol. The Morgan fingerprint density at radius 2 is 2.18 bits per heavy atom. The number of benzene rings is 1. The van der Waals surface area contributed by atoms with E-state index in [-0.39, 0.29) is 5.56 Å². The Hall–Kier alpha value is -3.16. The fourth-order valence-corrected chi connectivity index (χ4v) is 2.39. The van der Waals surface area contributed by atoms with Gasteiger partial charge in [-0.2, -0.15) is 5.10 Å². The summed E-state index contributed by atoms with van der Waals surface area (Å²) in [7, 11) is 1.70. The Morgan fingerprint density at radius 3 is 2.86 bits per heavy atom. The van der Waals surface area contributed by atoms with Crippen molar-refractivity contribution in [2.24, 2.45) is 5.73 Å². The van der Waals surface area contributed by atoms with Crippen molar-refractivity contribution >= 4 is 22.6 Å². The quantitative estimate of drug-likeness (QED) is 0.652. The number of amides is 1. The summed E-state index contributed by atoms with van der Waals surface area (Å²) < 4.78 is 1.56. The molecule has 112 valence electrons. The normalized spacial score (nSPS) is 10.8. The standard InChI is InChI=1S/C14H14N6O2/c1-7-11-13(17-6-18-14(11)22)20(19-7)8-3-4-9(12(15)21)10(5-8)16-2/h3-6,16H,1-2H3,(H2,15,21)(H,17,18,22). The molecule has 8 nitrogen and oxygen atoms in total. The summed E-state index contributed by atoms with van der Waals surface area (Å²) in [6, 6.07) is 5.05. The van der Waals surface area contributed by atoms with Gasteiger partial charge in [0, 0.05) is 12.7 Å². The highest BCUT2D eigenvalue weighted by molar-refractivity contribution is 5.99. The molecule has 0 radical (unpaired) electrons. The lowest BCUT2D eigenvalue weighted by atomic mass is 10.1. The van der Waals surface area contributed by atoms with E-state index in [1.165, 1.54) is 6.33 Å². The van der Waals surface area contributed by atoms with Crippen LogP contribution < -0.4 is 16.6 Å². The summed E-state index contributed by atoms with van der Waals surface area (Å²) in [5, 5.41) is 7.72. The molecule has 2 aromatic heterocycles. The smallest absolute Gasteiger partial charge is 0.262 e. The fourth-order valence-electron chi connectivity index (χ4n) is 2.39. The highest BCUT2D eigenvalue weighted by Crippen LogP contribution is 2.22. The number of hydrogen-bond acceptors (Lipinski definition) is 5. The second-order valence-corrected chi connectivity index (χ2v) is 4.77. The molecule has 3 aromatic rings. The van der Waals surface area contributed by atoms with Gasteiger partial charge in [-0.1, -0.05) is 0 Å². The first-order valence-corrected chi connectivity index (χ1v) is 6.58. The van der Waals surface area contributed by atoms with Crippen molar-refractivity contribution in [3.8, 4) is 5.69 Å². The van der Waals surface area contributed by atoms with Crippen LogP contribution in [0.3, 0.4) is 0 Å². The predicted octanol–water partition coefficient (Wildman–Crippen LogP) is 0.558. The number of nitrogens with zero attached hydrogens (tertiary/aromatic N) is 3. The number of aryl methyl sites for hydroxylation is 1. The molecule has 0 bridgehead atoms. The Labute approximate surface area is 125 Å². The number of nitrogens with one attached hydrogen (secondary N) is 2. The van der Waals surface area contributed by atoms with Crippen molar-refractivity contribution in [2.45, 2.75) is 6.92 Å². The van der Waals surface area contributed by atoms with E-state index in [0.29, 0.717) is 33.7 Å². The summed E-state index contributed by atoms with van der Waals surface area (Å²) in [5.74, 6) is -0.521. The van der Waals surface area contributed by atoms with Gasteiger partial charge in [0.1, 0.15) is 5.39 Å². The second kappa shape index (κ2) is 4.99. The molecule has 2 heterocycles. The van der Waals surface area contributed by atoms with Crippen LogP contribution in [0.15, 0.2) is 29.3 Å². The maximum atomic E-state index is 11.9. The van der Waals surface area contributed by atoms with E-state index in [1.54, 1.807) is 36.9 Å². The molecule has 0 fully saturated rings. The van der Waals surface area contributed by atoms with E-state index in [4.69, 9.17) is 5.73 Å². The third-order valence-corrected chi connectivity index (χ3v) is 3.43. The molecule has 0 saturated carbocycles. The Morgan fingerprint density at radius 1 is 1.41 bits per heavy atom. The van der Waals surface area contributed by atoms with Crippen molar-refractivity contribution in [2.75, 3.05) is 12.4 Å². The summed E-state index contributed by atoms with van der Waals surface area (Å²) in [4.78, 5) is 30.0. The van der Waals surface area contributed by atoms with Gasteiger partial charge in [0.2, 0.25) is 0 Å². The summed E-state index contributed by atoms with van der Waals surface area (Å²) in [6.45, 7) is 1.74. The number of carbonyl (C=O) groups is 1. The van der Waals surface area contributed by atoms with E-state index in [9.17, 15) is 9.59 Å². The highest BCUT2D eigenvalue weighted by Gasteiger charge is 2.15. The molecule has 22 heavy (non-hydrogen) atoms. The van der Waals surface area contributed by atoms with Crippen LogP contribution in [-0.4, -0.2) is 32.7 Å². The third-order valence-electron chi connectivity index (χ3n) is 3.43. The van der Waals surface area contributed by atoms with Gasteiger partial charge >= 0.3 is 0 Å². The molecule has 0 aliphatic carbocycles. The Kier molecular flexibility index (Phi) is 3.13. The van der Waals surface area contributed by atoms with Crippen LogP contribution in [0.2, 0.25) is 0 Å². The average molecular weight is 298 g/mol. The molecular weight excluding hydrogens is 284 g/mol. The number of aromatic amines is 1. The molecular formula is C14H14N6O2. The van der Waals surface area contributed by atoms with E-state index >= 15 is 0 Å². The molecule has 0 unspecified atom stereocenters. The maximum Gasteiger partial charge on any atom is 0.262 e. The van der Waals surface area contributed by atoms with Gasteiger partial charge in [0.15, 0.2) is 5.65 Å². The van der Waals surface area contributed by atoms with Crippen molar-refractivity contribution in [3.63, 3.8) is 0 Å². The number of aromatic nitrogens is 4. The first kappa shape index (κ1) is 13.8. The molecule has 3 rings (SSSR count). The van der Waals surface area contributed by atoms with Gasteiger partial charge < -0.3 is 16.0 Å². The van der Waals surface area contributed by atoms with Crippen LogP contribution in [0.4, 0.5) is 5.69 Å². The molecule has 8 heteroatoms. The number of carbonyl (C=O) groups excluding carboxylic acids is 1. The second-order valence-electron chi connectivity index (χ2n) is 4.77. The number of anilines is 1. The SMILES string of the molecule is CNc1cc(-n2nc(C)c3c(=O)[nH]cnc32)ccc1C(N)=O. The summed E-state index contributed by atoms with van der Waals surface area (Å²) in [6.07, 6.45) is 1.33. The molecule has 4 N–H and O–H groups in total. The Balaban J connectivity index is 2.27. The van der Waals surface area contributed by atoms with Crippen LogP contribution in [0.5, 0.6) is 0 Å². The zero-order chi connectivity index (χ0) is 15.9. The van der Waals surface area contributed by atoms with Gasteiger partial charge in [-0.3, -0.25) is 9.59 Å². The highest BCUT2D eigenvalue weighted by atomic mass is 16.1. The summed E-state index contributed by atoms with van der Waals surface area (Å²) >= 11 is 0. The largest absolute Gasteiger partial charge is 0.387 e. The minimum atomic E-state index is -0.521. The molecule has 1 aromatic carbocycles. The van der Waals surface area contributed by atoms with Crippen molar-refractivity contribution in [3.05, 3.63) is 46.1 Å². The lowest BCUT2D eigenvalue weighted by Crippen LogP contribution is -2.14. The average Bonchev–Trinajstić information content (AvgIpc) is 2.85. The fraction of sp³-hybridized carbons (Fsp3) is 0.143. The van der Waals surface area contributed by atoms with Gasteiger partial charge in [-0.15, -0.1) is 0 Å². The van der Waals surface area contributed by atoms with Gasteiger partial charge in [0.25, 0.3) is 11.5 Å². The van der Waals surface area contributed by atoms with E-state index < -0.39 is 5.91 Å². The number of fused-ring (bicyclic) bond motifs is 1. The molecule has 1 amide bonds. The number of nitrogens with two attached hydrogens (primary N) is 1. The first-order chi connectivity index (χ1) is 10.5. The van der Waals surface area contributed by atoms with Gasteiger partial charge in [-0.25, -0.2) is 9.67 Å². The van der Waals surface area contributed by atoms with Gasteiger partial charge in [-0.05, 0) is 25.1 Å². The molecule has 0 saturated heterocycles. The van der Waals surface area contributed by atoms with E-state index in [1.807, 2.05) is 0 Å². The third kappa shape index (κ3) is 2.01. The monoisotopic (exact) mass is 298 g/mol. The lowest BCUT2D eigenvalue weighted by Gasteiger charge is -2.09. The minimum Gasteiger partial charge on any atom is -0.387 e. The van der Waals surface area contributed by atoms with Crippen LogP contribution in [0.1, 0.15) is 16.1 Å². The zero-order valence-corrected chi connectivity index (χ0v) is 12.0. The number of rotatable bonds is 3. The zero-order valence-electron chi connectivity index (χ0n) is 12.0. The lowest BCUT2D eigenvalue weighted by molar-refractivity contribution is 0.100. The number of H-pyrrole nitrogens is 1. The van der Waals surface area contributed by atoms with Gasteiger partial charge in [0.05, 0.1) is 23.3 Å².